The molecule has 0 radical (unpaired) electrons. The van der Waals surface area contributed by atoms with E-state index in [-0.39, 0.29) is 11.6 Å². The first-order valence-corrected chi connectivity index (χ1v) is 7.12. The predicted octanol–water partition coefficient (Wildman–Crippen LogP) is 3.37. The third kappa shape index (κ3) is 3.32. The summed E-state index contributed by atoms with van der Waals surface area (Å²) in [5.74, 6) is -0.127. The molecule has 0 unspecified atom stereocenters. The predicted molar refractivity (Wildman–Crippen MR) is 75.2 cm³/mol. The van der Waals surface area contributed by atoms with Crippen LogP contribution in [0.5, 0.6) is 0 Å². The monoisotopic (exact) mass is 326 g/mol. The lowest BCUT2D eigenvalue weighted by molar-refractivity contribution is -0.384. The van der Waals surface area contributed by atoms with Crippen molar-refractivity contribution in [2.45, 2.75) is 25.7 Å². The number of carbonyl (C=O) groups excluding carboxylic acids is 1. The molecule has 1 heterocycles. The molecule has 0 saturated carbocycles. The highest BCUT2D eigenvalue weighted by Gasteiger charge is 2.21. The number of carbonyl (C=O) groups is 1. The maximum atomic E-state index is 12.4. The average molecular weight is 327 g/mol. The van der Waals surface area contributed by atoms with E-state index in [1.54, 1.807) is 11.0 Å². The summed E-state index contributed by atoms with van der Waals surface area (Å²) in [7, 11) is 0. The van der Waals surface area contributed by atoms with Gasteiger partial charge in [-0.2, -0.15) is 0 Å². The van der Waals surface area contributed by atoms with Crippen molar-refractivity contribution >= 4 is 27.5 Å². The van der Waals surface area contributed by atoms with Gasteiger partial charge >= 0.3 is 0 Å². The summed E-state index contributed by atoms with van der Waals surface area (Å²) in [6.45, 7) is 1.46. The summed E-state index contributed by atoms with van der Waals surface area (Å²) in [6, 6.07) is 4.30. The van der Waals surface area contributed by atoms with Crippen LogP contribution in [0.2, 0.25) is 0 Å². The molecule has 1 aromatic rings. The minimum atomic E-state index is -0.481. The normalized spacial score (nSPS) is 15.9. The summed E-state index contributed by atoms with van der Waals surface area (Å²) in [6.07, 6.45) is 4.27. The van der Waals surface area contributed by atoms with Gasteiger partial charge in [0, 0.05) is 29.7 Å². The minimum Gasteiger partial charge on any atom is -0.339 e. The number of benzene rings is 1. The Kier molecular flexibility index (Phi) is 4.52. The zero-order valence-corrected chi connectivity index (χ0v) is 12.1. The molecule has 1 fully saturated rings. The fourth-order valence-corrected chi connectivity index (χ4v) is 2.65. The SMILES string of the molecule is O=C(c1cc([N+](=O)[O-])ccc1Br)N1CCCCCC1. The number of nitro benzene ring substituents is 1. The van der Waals surface area contributed by atoms with Crippen molar-refractivity contribution in [2.75, 3.05) is 13.1 Å². The Hall–Kier alpha value is -1.43. The Morgan fingerprint density at radius 1 is 1.21 bits per heavy atom. The number of hydrogen-bond acceptors (Lipinski definition) is 3. The summed E-state index contributed by atoms with van der Waals surface area (Å²) in [5, 5.41) is 10.8. The first-order valence-electron chi connectivity index (χ1n) is 6.33. The van der Waals surface area contributed by atoms with Crippen LogP contribution in [0.25, 0.3) is 0 Å². The van der Waals surface area contributed by atoms with Crippen LogP contribution in [-0.4, -0.2) is 28.8 Å². The average Bonchev–Trinajstić information content (AvgIpc) is 2.67. The zero-order chi connectivity index (χ0) is 13.8. The molecule has 1 aliphatic heterocycles. The Bertz CT molecular complexity index is 497. The second kappa shape index (κ2) is 6.14. The third-order valence-electron chi connectivity index (χ3n) is 3.28. The lowest BCUT2D eigenvalue weighted by atomic mass is 10.1. The maximum Gasteiger partial charge on any atom is 0.270 e. The van der Waals surface area contributed by atoms with Gasteiger partial charge in [-0.25, -0.2) is 0 Å². The number of nitro groups is 1. The second-order valence-electron chi connectivity index (χ2n) is 4.63. The van der Waals surface area contributed by atoms with Crippen LogP contribution >= 0.6 is 15.9 Å². The van der Waals surface area contributed by atoms with E-state index >= 15 is 0 Å². The number of amides is 1. The highest BCUT2D eigenvalue weighted by atomic mass is 79.9. The van der Waals surface area contributed by atoms with Crippen LogP contribution < -0.4 is 0 Å². The number of halogens is 1. The van der Waals surface area contributed by atoms with Crippen LogP contribution in [-0.2, 0) is 0 Å². The maximum absolute atomic E-state index is 12.4. The fourth-order valence-electron chi connectivity index (χ4n) is 2.23. The summed E-state index contributed by atoms with van der Waals surface area (Å²) in [4.78, 5) is 24.5. The van der Waals surface area contributed by atoms with E-state index in [4.69, 9.17) is 0 Å². The van der Waals surface area contributed by atoms with Crippen LogP contribution in [0.15, 0.2) is 22.7 Å². The van der Waals surface area contributed by atoms with Crippen molar-refractivity contribution in [3.63, 3.8) is 0 Å². The number of rotatable bonds is 2. The minimum absolute atomic E-state index is 0.0543. The van der Waals surface area contributed by atoms with Crippen LogP contribution in [0.1, 0.15) is 36.0 Å². The quantitative estimate of drug-likeness (QED) is 0.618. The van der Waals surface area contributed by atoms with Crippen LogP contribution in [0.3, 0.4) is 0 Å². The molecule has 0 bridgehead atoms. The number of nitrogens with zero attached hydrogens (tertiary/aromatic N) is 2. The summed E-state index contributed by atoms with van der Waals surface area (Å²) < 4.78 is 0.604. The molecule has 0 spiro atoms. The van der Waals surface area contributed by atoms with E-state index in [1.165, 1.54) is 12.1 Å². The molecule has 1 aromatic carbocycles. The van der Waals surface area contributed by atoms with Gasteiger partial charge in [-0.05, 0) is 34.8 Å². The Morgan fingerprint density at radius 2 is 1.84 bits per heavy atom. The largest absolute Gasteiger partial charge is 0.339 e. The summed E-state index contributed by atoms with van der Waals surface area (Å²) >= 11 is 3.30. The molecule has 1 amide bonds. The Labute approximate surface area is 119 Å². The highest BCUT2D eigenvalue weighted by molar-refractivity contribution is 9.10. The number of likely N-dealkylation sites (tertiary alicyclic amines) is 1. The van der Waals surface area contributed by atoms with E-state index in [9.17, 15) is 14.9 Å². The molecule has 1 saturated heterocycles. The molecular weight excluding hydrogens is 312 g/mol. The third-order valence-corrected chi connectivity index (χ3v) is 3.98. The topological polar surface area (TPSA) is 63.4 Å². The van der Waals surface area contributed by atoms with Gasteiger partial charge < -0.3 is 4.90 Å². The lowest BCUT2D eigenvalue weighted by Gasteiger charge is -2.20. The van der Waals surface area contributed by atoms with Crippen molar-refractivity contribution in [1.29, 1.82) is 0 Å². The molecule has 0 aliphatic carbocycles. The van der Waals surface area contributed by atoms with Crippen molar-refractivity contribution in [3.05, 3.63) is 38.3 Å². The number of non-ortho nitro benzene ring substituents is 1. The Balaban J connectivity index is 2.26. The molecule has 19 heavy (non-hydrogen) atoms. The van der Waals surface area contributed by atoms with Gasteiger partial charge in [0.2, 0.25) is 0 Å². The van der Waals surface area contributed by atoms with E-state index in [0.717, 1.165) is 38.8 Å². The van der Waals surface area contributed by atoms with Crippen molar-refractivity contribution in [1.82, 2.24) is 4.90 Å². The fraction of sp³-hybridized carbons (Fsp3) is 0.462. The van der Waals surface area contributed by atoms with E-state index < -0.39 is 4.92 Å². The standard InChI is InChI=1S/C13H15BrN2O3/c14-12-6-5-10(16(18)19)9-11(12)13(17)15-7-3-1-2-4-8-15/h5-6,9H,1-4,7-8H2. The lowest BCUT2D eigenvalue weighted by Crippen LogP contribution is -2.32. The van der Waals surface area contributed by atoms with E-state index in [2.05, 4.69) is 15.9 Å². The zero-order valence-electron chi connectivity index (χ0n) is 10.5. The summed E-state index contributed by atoms with van der Waals surface area (Å²) in [5.41, 5.74) is 0.317. The molecule has 5 nitrogen and oxygen atoms in total. The van der Waals surface area contributed by atoms with Gasteiger partial charge in [-0.15, -0.1) is 0 Å². The molecule has 0 aromatic heterocycles. The van der Waals surface area contributed by atoms with Gasteiger partial charge in [0.25, 0.3) is 11.6 Å². The van der Waals surface area contributed by atoms with Crippen LogP contribution in [0.4, 0.5) is 5.69 Å². The van der Waals surface area contributed by atoms with Crippen LogP contribution in [0, 0.1) is 10.1 Å². The van der Waals surface area contributed by atoms with Gasteiger partial charge in [0.05, 0.1) is 10.5 Å². The number of hydrogen-bond donors (Lipinski definition) is 0. The molecule has 6 heteroatoms. The molecular formula is C13H15BrN2O3. The Morgan fingerprint density at radius 3 is 2.42 bits per heavy atom. The smallest absolute Gasteiger partial charge is 0.270 e. The van der Waals surface area contributed by atoms with Crippen molar-refractivity contribution in [3.8, 4) is 0 Å². The van der Waals surface area contributed by atoms with Gasteiger partial charge in [-0.3, -0.25) is 14.9 Å². The molecule has 0 atom stereocenters. The van der Waals surface area contributed by atoms with Gasteiger partial charge in [-0.1, -0.05) is 12.8 Å². The first kappa shape index (κ1) is 14.0. The first-order chi connectivity index (χ1) is 9.09. The van der Waals surface area contributed by atoms with Crippen molar-refractivity contribution < 1.29 is 9.72 Å². The van der Waals surface area contributed by atoms with Gasteiger partial charge in [0.1, 0.15) is 0 Å². The molecule has 102 valence electrons. The highest BCUT2D eigenvalue weighted by Crippen LogP contribution is 2.24. The molecule has 2 rings (SSSR count). The van der Waals surface area contributed by atoms with E-state index in [1.807, 2.05) is 0 Å². The molecule has 0 N–H and O–H groups in total. The molecule has 1 aliphatic rings. The van der Waals surface area contributed by atoms with Gasteiger partial charge in [0.15, 0.2) is 0 Å². The second-order valence-corrected chi connectivity index (χ2v) is 5.48. The van der Waals surface area contributed by atoms with Crippen molar-refractivity contribution in [2.24, 2.45) is 0 Å². The van der Waals surface area contributed by atoms with E-state index in [0.29, 0.717) is 10.0 Å².